The van der Waals surface area contributed by atoms with Crippen LogP contribution in [0.15, 0.2) is 30.5 Å². The third-order valence-electron chi connectivity index (χ3n) is 4.96. The number of rotatable bonds is 8. The van der Waals surface area contributed by atoms with Crippen molar-refractivity contribution in [2.75, 3.05) is 53.0 Å². The number of hydrogen-bond acceptors (Lipinski definition) is 4. The van der Waals surface area contributed by atoms with Gasteiger partial charge in [0.15, 0.2) is 0 Å². The average molecular weight is 372 g/mol. The van der Waals surface area contributed by atoms with Crippen molar-refractivity contribution in [1.82, 2.24) is 20.1 Å². The molecule has 2 heterocycles. The Morgan fingerprint density at radius 2 is 1.96 bits per heavy atom. The van der Waals surface area contributed by atoms with Crippen molar-refractivity contribution in [1.29, 1.82) is 0 Å². The van der Waals surface area contributed by atoms with Crippen molar-refractivity contribution >= 4 is 22.7 Å². The highest BCUT2D eigenvalue weighted by Gasteiger charge is 2.23. The molecule has 0 saturated carbocycles. The molecule has 2 N–H and O–H groups in total. The highest BCUT2D eigenvalue weighted by Crippen LogP contribution is 2.19. The number of ether oxygens (including phenoxy) is 1. The molecule has 0 aliphatic carbocycles. The van der Waals surface area contributed by atoms with Crippen LogP contribution in [0.4, 0.5) is 0 Å². The molecule has 0 bridgehead atoms. The van der Waals surface area contributed by atoms with E-state index in [0.29, 0.717) is 39.2 Å². The first kappa shape index (κ1) is 19.4. The Balaban J connectivity index is 1.42. The van der Waals surface area contributed by atoms with Gasteiger partial charge in [-0.05, 0) is 18.1 Å². The van der Waals surface area contributed by atoms with Gasteiger partial charge in [0.2, 0.25) is 11.8 Å². The van der Waals surface area contributed by atoms with Gasteiger partial charge < -0.3 is 19.9 Å². The van der Waals surface area contributed by atoms with Crippen LogP contribution in [0.3, 0.4) is 0 Å². The predicted octanol–water partition coefficient (Wildman–Crippen LogP) is 1.01. The van der Waals surface area contributed by atoms with Gasteiger partial charge in [0.05, 0.1) is 13.0 Å². The maximum atomic E-state index is 12.6. The molecule has 2 aromatic rings. The Morgan fingerprint density at radius 1 is 1.19 bits per heavy atom. The van der Waals surface area contributed by atoms with E-state index in [1.165, 1.54) is 0 Å². The summed E-state index contributed by atoms with van der Waals surface area (Å²) in [5.74, 6) is 0.174. The second-order valence-electron chi connectivity index (χ2n) is 6.89. The van der Waals surface area contributed by atoms with E-state index >= 15 is 0 Å². The summed E-state index contributed by atoms with van der Waals surface area (Å²) < 4.78 is 4.97. The lowest BCUT2D eigenvalue weighted by Crippen LogP contribution is -2.51. The Morgan fingerprint density at radius 3 is 2.74 bits per heavy atom. The molecule has 3 rings (SSSR count). The number of H-pyrrole nitrogens is 1. The van der Waals surface area contributed by atoms with Crippen LogP contribution in [0, 0.1) is 0 Å². The largest absolute Gasteiger partial charge is 0.385 e. The molecular formula is C20H28N4O3. The molecule has 0 atom stereocenters. The number of benzene rings is 1. The van der Waals surface area contributed by atoms with Gasteiger partial charge in [-0.3, -0.25) is 14.5 Å². The number of methoxy groups -OCH3 is 1. The molecule has 1 aromatic carbocycles. The summed E-state index contributed by atoms with van der Waals surface area (Å²) in [4.78, 5) is 31.8. The lowest BCUT2D eigenvalue weighted by atomic mass is 10.1. The monoisotopic (exact) mass is 372 g/mol. The fourth-order valence-electron chi connectivity index (χ4n) is 3.41. The molecular weight excluding hydrogens is 344 g/mol. The number of nitrogens with zero attached hydrogens (tertiary/aromatic N) is 2. The highest BCUT2D eigenvalue weighted by atomic mass is 16.5. The molecule has 2 amide bonds. The van der Waals surface area contributed by atoms with Crippen molar-refractivity contribution in [3.05, 3.63) is 36.0 Å². The van der Waals surface area contributed by atoms with Crippen molar-refractivity contribution < 1.29 is 14.3 Å². The zero-order valence-electron chi connectivity index (χ0n) is 15.9. The molecule has 0 spiro atoms. The van der Waals surface area contributed by atoms with E-state index in [4.69, 9.17) is 4.74 Å². The smallest absolute Gasteiger partial charge is 0.234 e. The van der Waals surface area contributed by atoms with Gasteiger partial charge in [-0.15, -0.1) is 0 Å². The summed E-state index contributed by atoms with van der Waals surface area (Å²) in [6.45, 7) is 4.46. The van der Waals surface area contributed by atoms with Gasteiger partial charge in [-0.2, -0.15) is 0 Å². The van der Waals surface area contributed by atoms with Gasteiger partial charge in [-0.25, -0.2) is 0 Å². The first-order chi connectivity index (χ1) is 13.2. The lowest BCUT2D eigenvalue weighted by molar-refractivity contribution is -0.132. The summed E-state index contributed by atoms with van der Waals surface area (Å²) in [7, 11) is 1.65. The highest BCUT2D eigenvalue weighted by molar-refractivity contribution is 5.89. The predicted molar refractivity (Wildman–Crippen MR) is 105 cm³/mol. The summed E-state index contributed by atoms with van der Waals surface area (Å²) in [5.41, 5.74) is 2.09. The summed E-state index contributed by atoms with van der Waals surface area (Å²) in [5, 5.41) is 4.01. The number of piperazine rings is 1. The molecule has 1 aliphatic rings. The average Bonchev–Trinajstić information content (AvgIpc) is 3.09. The minimum atomic E-state index is 0.0321. The number of carbonyl (C=O) groups excluding carboxylic acids is 2. The molecule has 146 valence electrons. The van der Waals surface area contributed by atoms with Crippen molar-refractivity contribution in [2.45, 2.75) is 12.8 Å². The first-order valence-electron chi connectivity index (χ1n) is 9.48. The normalized spacial score (nSPS) is 15.2. The molecule has 0 unspecified atom stereocenters. The van der Waals surface area contributed by atoms with E-state index in [-0.39, 0.29) is 11.8 Å². The van der Waals surface area contributed by atoms with Crippen LogP contribution in [0.1, 0.15) is 12.0 Å². The molecule has 7 heteroatoms. The first-order valence-corrected chi connectivity index (χ1v) is 9.48. The van der Waals surface area contributed by atoms with Crippen molar-refractivity contribution in [2.24, 2.45) is 0 Å². The van der Waals surface area contributed by atoms with Gasteiger partial charge in [0.1, 0.15) is 0 Å². The zero-order chi connectivity index (χ0) is 19.1. The standard InChI is InChI=1S/C20H28N4O3/c1-27-12-4-7-21-19(25)15-23-8-10-24(11-9-23)20(26)13-16-14-22-18-6-3-2-5-17(16)18/h2-3,5-6,14,22H,4,7-13,15H2,1H3,(H,21,25). The van der Waals surface area contributed by atoms with E-state index in [1.54, 1.807) is 7.11 Å². The molecule has 0 radical (unpaired) electrons. The maximum Gasteiger partial charge on any atom is 0.234 e. The molecule has 1 fully saturated rings. The summed E-state index contributed by atoms with van der Waals surface area (Å²) >= 11 is 0. The Bertz CT molecular complexity index is 765. The second-order valence-corrected chi connectivity index (χ2v) is 6.89. The SMILES string of the molecule is COCCCNC(=O)CN1CCN(C(=O)Cc2c[nH]c3ccccc23)CC1. The van der Waals surface area contributed by atoms with E-state index in [1.807, 2.05) is 35.4 Å². The zero-order valence-corrected chi connectivity index (χ0v) is 15.9. The number of nitrogens with one attached hydrogen (secondary N) is 2. The van der Waals surface area contributed by atoms with Crippen LogP contribution >= 0.6 is 0 Å². The Hall–Kier alpha value is -2.38. The number of carbonyl (C=O) groups is 2. The number of aromatic nitrogens is 1. The summed E-state index contributed by atoms with van der Waals surface area (Å²) in [6, 6.07) is 8.03. The van der Waals surface area contributed by atoms with Gasteiger partial charge in [0, 0.05) is 63.5 Å². The third kappa shape index (κ3) is 5.30. The molecule has 27 heavy (non-hydrogen) atoms. The minimum absolute atomic E-state index is 0.0321. The quantitative estimate of drug-likeness (QED) is 0.678. The fraction of sp³-hybridized carbons (Fsp3) is 0.500. The molecule has 1 aliphatic heterocycles. The topological polar surface area (TPSA) is 77.7 Å². The fourth-order valence-corrected chi connectivity index (χ4v) is 3.41. The van der Waals surface area contributed by atoms with Gasteiger partial charge in [0.25, 0.3) is 0 Å². The maximum absolute atomic E-state index is 12.6. The van der Waals surface area contributed by atoms with E-state index in [9.17, 15) is 9.59 Å². The van der Waals surface area contributed by atoms with E-state index in [0.717, 1.165) is 36.0 Å². The van der Waals surface area contributed by atoms with Crippen LogP contribution in [0.5, 0.6) is 0 Å². The van der Waals surface area contributed by atoms with Crippen LogP contribution in [-0.2, 0) is 20.7 Å². The molecule has 1 saturated heterocycles. The van der Waals surface area contributed by atoms with E-state index < -0.39 is 0 Å². The summed E-state index contributed by atoms with van der Waals surface area (Å²) in [6.07, 6.45) is 3.15. The second kappa shape index (κ2) is 9.53. The minimum Gasteiger partial charge on any atom is -0.385 e. The van der Waals surface area contributed by atoms with Crippen LogP contribution in [0.25, 0.3) is 10.9 Å². The third-order valence-corrected chi connectivity index (χ3v) is 4.96. The van der Waals surface area contributed by atoms with Crippen LogP contribution in [-0.4, -0.2) is 79.6 Å². The van der Waals surface area contributed by atoms with Crippen molar-refractivity contribution in [3.8, 4) is 0 Å². The molecule has 1 aromatic heterocycles. The number of aromatic amines is 1. The van der Waals surface area contributed by atoms with Crippen LogP contribution < -0.4 is 5.32 Å². The Kier molecular flexibility index (Phi) is 6.84. The number of hydrogen-bond donors (Lipinski definition) is 2. The van der Waals surface area contributed by atoms with Crippen molar-refractivity contribution in [3.63, 3.8) is 0 Å². The lowest BCUT2D eigenvalue weighted by Gasteiger charge is -2.34. The Labute approximate surface area is 159 Å². The van der Waals surface area contributed by atoms with Gasteiger partial charge in [-0.1, -0.05) is 18.2 Å². The van der Waals surface area contributed by atoms with Crippen LogP contribution in [0.2, 0.25) is 0 Å². The molecule has 7 nitrogen and oxygen atoms in total. The number of fused-ring (bicyclic) bond motifs is 1. The van der Waals surface area contributed by atoms with E-state index in [2.05, 4.69) is 15.2 Å². The number of amides is 2. The van der Waals surface area contributed by atoms with Gasteiger partial charge >= 0.3 is 0 Å². The number of para-hydroxylation sites is 1.